The highest BCUT2D eigenvalue weighted by molar-refractivity contribution is 5.30. The molecule has 1 saturated heterocycles. The summed E-state index contributed by atoms with van der Waals surface area (Å²) in [5.41, 5.74) is 2.99. The van der Waals surface area contributed by atoms with Gasteiger partial charge in [-0.25, -0.2) is 0 Å². The fraction of sp³-hybridized carbons (Fsp3) is 0.571. The van der Waals surface area contributed by atoms with Gasteiger partial charge < -0.3 is 10.1 Å². The van der Waals surface area contributed by atoms with Crippen LogP contribution in [0.1, 0.15) is 17.5 Å². The van der Waals surface area contributed by atoms with E-state index in [1.807, 2.05) is 0 Å². The molecule has 0 radical (unpaired) electrons. The third-order valence-corrected chi connectivity index (χ3v) is 3.90. The van der Waals surface area contributed by atoms with Crippen molar-refractivity contribution in [2.24, 2.45) is 0 Å². The van der Waals surface area contributed by atoms with Gasteiger partial charge in [0.1, 0.15) is 0 Å². The van der Waals surface area contributed by atoms with Gasteiger partial charge in [-0.3, -0.25) is 4.90 Å². The Labute approximate surface area is 103 Å². The molecule has 3 nitrogen and oxygen atoms in total. The molecule has 2 heterocycles. The molecule has 2 aliphatic rings. The third kappa shape index (κ3) is 2.37. The second-order valence-electron chi connectivity index (χ2n) is 5.14. The molecule has 3 rings (SSSR count). The molecule has 2 unspecified atom stereocenters. The van der Waals surface area contributed by atoms with E-state index in [4.69, 9.17) is 4.74 Å². The molecule has 0 bridgehead atoms. The zero-order chi connectivity index (χ0) is 11.7. The first-order chi connectivity index (χ1) is 8.35. The highest BCUT2D eigenvalue weighted by Gasteiger charge is 2.27. The van der Waals surface area contributed by atoms with Crippen LogP contribution in [0.25, 0.3) is 0 Å². The summed E-state index contributed by atoms with van der Waals surface area (Å²) in [6, 6.07) is 9.35. The van der Waals surface area contributed by atoms with E-state index in [2.05, 4.69) is 34.5 Å². The van der Waals surface area contributed by atoms with Crippen LogP contribution >= 0.6 is 0 Å². The first kappa shape index (κ1) is 11.2. The standard InChI is InChI=1S/C14H20N2O/c1-17-14-6-13(15-7-14)10-16-8-11-4-2-3-5-12(11)9-16/h2-5,13-15H,6-10H2,1H3. The van der Waals surface area contributed by atoms with Crippen LogP contribution in [0, 0.1) is 0 Å². The lowest BCUT2D eigenvalue weighted by atomic mass is 10.1. The number of nitrogens with one attached hydrogen (secondary N) is 1. The van der Waals surface area contributed by atoms with Crippen molar-refractivity contribution in [2.45, 2.75) is 31.7 Å². The Morgan fingerprint density at radius 1 is 1.29 bits per heavy atom. The van der Waals surface area contributed by atoms with Crippen molar-refractivity contribution in [3.8, 4) is 0 Å². The maximum Gasteiger partial charge on any atom is 0.0711 e. The molecular formula is C14H20N2O. The van der Waals surface area contributed by atoms with Crippen molar-refractivity contribution in [1.82, 2.24) is 10.2 Å². The molecule has 0 saturated carbocycles. The number of rotatable bonds is 3. The van der Waals surface area contributed by atoms with Crippen molar-refractivity contribution >= 4 is 0 Å². The highest BCUT2D eigenvalue weighted by Crippen LogP contribution is 2.23. The van der Waals surface area contributed by atoms with E-state index in [0.717, 1.165) is 32.6 Å². The predicted octanol–water partition coefficient (Wildman–Crippen LogP) is 1.38. The van der Waals surface area contributed by atoms with Crippen LogP contribution in [0.5, 0.6) is 0 Å². The fourth-order valence-electron chi connectivity index (χ4n) is 2.95. The van der Waals surface area contributed by atoms with Gasteiger partial charge in [-0.15, -0.1) is 0 Å². The van der Waals surface area contributed by atoms with Gasteiger partial charge in [-0.2, -0.15) is 0 Å². The van der Waals surface area contributed by atoms with Gasteiger partial charge >= 0.3 is 0 Å². The average Bonchev–Trinajstić information content (AvgIpc) is 2.94. The average molecular weight is 232 g/mol. The van der Waals surface area contributed by atoms with Crippen LogP contribution in [-0.4, -0.2) is 37.2 Å². The molecule has 1 N–H and O–H groups in total. The van der Waals surface area contributed by atoms with Gasteiger partial charge in [0.25, 0.3) is 0 Å². The third-order valence-electron chi connectivity index (χ3n) is 3.90. The molecule has 0 amide bonds. The minimum atomic E-state index is 0.407. The van der Waals surface area contributed by atoms with E-state index in [1.54, 1.807) is 7.11 Å². The number of fused-ring (bicyclic) bond motifs is 1. The lowest BCUT2D eigenvalue weighted by molar-refractivity contribution is 0.115. The second-order valence-corrected chi connectivity index (χ2v) is 5.14. The van der Waals surface area contributed by atoms with E-state index in [1.165, 1.54) is 11.1 Å². The Morgan fingerprint density at radius 3 is 2.59 bits per heavy atom. The maximum atomic E-state index is 5.39. The molecule has 0 aromatic heterocycles. The summed E-state index contributed by atoms with van der Waals surface area (Å²) >= 11 is 0. The number of benzene rings is 1. The summed E-state index contributed by atoms with van der Waals surface area (Å²) in [6.07, 6.45) is 1.55. The predicted molar refractivity (Wildman–Crippen MR) is 67.8 cm³/mol. The van der Waals surface area contributed by atoms with Crippen LogP contribution < -0.4 is 5.32 Å². The lowest BCUT2D eigenvalue weighted by Gasteiger charge is -2.19. The van der Waals surface area contributed by atoms with E-state index in [-0.39, 0.29) is 0 Å². The van der Waals surface area contributed by atoms with E-state index >= 15 is 0 Å². The summed E-state index contributed by atoms with van der Waals surface area (Å²) < 4.78 is 5.39. The number of nitrogens with zero attached hydrogens (tertiary/aromatic N) is 1. The lowest BCUT2D eigenvalue weighted by Crippen LogP contribution is -2.34. The number of methoxy groups -OCH3 is 1. The SMILES string of the molecule is COC1CNC(CN2Cc3ccccc3C2)C1. The van der Waals surface area contributed by atoms with Crippen molar-refractivity contribution in [3.05, 3.63) is 35.4 Å². The molecule has 17 heavy (non-hydrogen) atoms. The molecule has 0 spiro atoms. The minimum Gasteiger partial charge on any atom is -0.380 e. The van der Waals surface area contributed by atoms with Crippen molar-refractivity contribution < 1.29 is 4.74 Å². The normalized spacial score (nSPS) is 28.5. The zero-order valence-electron chi connectivity index (χ0n) is 10.4. The van der Waals surface area contributed by atoms with Gasteiger partial charge in [0.05, 0.1) is 6.10 Å². The van der Waals surface area contributed by atoms with E-state index in [0.29, 0.717) is 12.1 Å². The zero-order valence-corrected chi connectivity index (χ0v) is 10.4. The Kier molecular flexibility index (Phi) is 3.14. The van der Waals surface area contributed by atoms with Gasteiger partial charge in [0, 0.05) is 39.3 Å². The van der Waals surface area contributed by atoms with Crippen LogP contribution in [0.3, 0.4) is 0 Å². The summed E-state index contributed by atoms with van der Waals surface area (Å²) in [5, 5.41) is 3.54. The van der Waals surface area contributed by atoms with E-state index in [9.17, 15) is 0 Å². The molecule has 1 fully saturated rings. The van der Waals surface area contributed by atoms with Crippen LogP contribution in [-0.2, 0) is 17.8 Å². The number of hydrogen-bond donors (Lipinski definition) is 1. The molecule has 0 aliphatic carbocycles. The Morgan fingerprint density at radius 2 is 2.00 bits per heavy atom. The van der Waals surface area contributed by atoms with Gasteiger partial charge in [0.15, 0.2) is 0 Å². The Balaban J connectivity index is 1.56. The quantitative estimate of drug-likeness (QED) is 0.852. The molecule has 1 aromatic carbocycles. The molecule has 92 valence electrons. The van der Waals surface area contributed by atoms with Crippen molar-refractivity contribution in [2.75, 3.05) is 20.2 Å². The summed E-state index contributed by atoms with van der Waals surface area (Å²) in [4.78, 5) is 2.53. The molecule has 1 aromatic rings. The first-order valence-electron chi connectivity index (χ1n) is 6.40. The maximum absolute atomic E-state index is 5.39. The monoisotopic (exact) mass is 232 g/mol. The summed E-state index contributed by atoms with van der Waals surface area (Å²) in [5.74, 6) is 0. The van der Waals surface area contributed by atoms with Crippen LogP contribution in [0.2, 0.25) is 0 Å². The fourth-order valence-corrected chi connectivity index (χ4v) is 2.95. The smallest absolute Gasteiger partial charge is 0.0711 e. The van der Waals surface area contributed by atoms with Gasteiger partial charge in [-0.05, 0) is 17.5 Å². The van der Waals surface area contributed by atoms with Crippen LogP contribution in [0.4, 0.5) is 0 Å². The van der Waals surface area contributed by atoms with Crippen molar-refractivity contribution in [1.29, 1.82) is 0 Å². The van der Waals surface area contributed by atoms with E-state index < -0.39 is 0 Å². The van der Waals surface area contributed by atoms with Gasteiger partial charge in [0.2, 0.25) is 0 Å². The summed E-state index contributed by atoms with van der Waals surface area (Å²) in [6.45, 7) is 4.34. The topological polar surface area (TPSA) is 24.5 Å². The molecule has 2 atom stereocenters. The summed E-state index contributed by atoms with van der Waals surface area (Å²) in [7, 11) is 1.81. The second kappa shape index (κ2) is 4.77. The Hall–Kier alpha value is -0.900. The first-order valence-corrected chi connectivity index (χ1v) is 6.40. The Bertz CT molecular complexity index is 369. The number of hydrogen-bond acceptors (Lipinski definition) is 3. The minimum absolute atomic E-state index is 0.407. The number of ether oxygens (including phenoxy) is 1. The molecule has 3 heteroatoms. The van der Waals surface area contributed by atoms with Gasteiger partial charge in [-0.1, -0.05) is 24.3 Å². The largest absolute Gasteiger partial charge is 0.380 e. The molecule has 2 aliphatic heterocycles. The highest BCUT2D eigenvalue weighted by atomic mass is 16.5. The van der Waals surface area contributed by atoms with Crippen LogP contribution in [0.15, 0.2) is 24.3 Å². The molecular weight excluding hydrogens is 212 g/mol. The van der Waals surface area contributed by atoms with Crippen molar-refractivity contribution in [3.63, 3.8) is 0 Å².